The Bertz CT molecular complexity index is 1800. The fourth-order valence-electron chi connectivity index (χ4n) is 6.33. The number of nitrogens with zero attached hydrogens (tertiary/aromatic N) is 6. The van der Waals surface area contributed by atoms with Crippen molar-refractivity contribution in [3.05, 3.63) is 71.7 Å². The van der Waals surface area contributed by atoms with Gasteiger partial charge in [0.05, 0.1) is 18.5 Å². The molecule has 2 atom stereocenters. The largest absolute Gasteiger partial charge is 0.476 e. The second kappa shape index (κ2) is 14.0. The van der Waals surface area contributed by atoms with Gasteiger partial charge in [-0.3, -0.25) is 14.1 Å². The quantitative estimate of drug-likeness (QED) is 0.214. The average molecular weight is 647 g/mol. The molecular formula is C33H36F2N8O4. The highest BCUT2D eigenvalue weighted by Crippen LogP contribution is 2.33. The molecule has 12 nitrogen and oxygen atoms in total. The highest BCUT2D eigenvalue weighted by Gasteiger charge is 2.33. The van der Waals surface area contributed by atoms with E-state index < -0.39 is 24.5 Å². The van der Waals surface area contributed by atoms with E-state index in [1.807, 2.05) is 34.9 Å². The lowest BCUT2D eigenvalue weighted by atomic mass is 9.93. The highest BCUT2D eigenvalue weighted by atomic mass is 19.2. The van der Waals surface area contributed by atoms with E-state index in [0.29, 0.717) is 68.4 Å². The van der Waals surface area contributed by atoms with Gasteiger partial charge < -0.3 is 30.5 Å². The van der Waals surface area contributed by atoms with Gasteiger partial charge in [0.15, 0.2) is 29.6 Å². The Kier molecular flexibility index (Phi) is 9.60. The molecule has 2 aliphatic heterocycles. The molecule has 2 aromatic heterocycles. The number of benzene rings is 2. The van der Waals surface area contributed by atoms with E-state index in [1.165, 1.54) is 24.5 Å². The van der Waals surface area contributed by atoms with Crippen LogP contribution in [0.2, 0.25) is 0 Å². The summed E-state index contributed by atoms with van der Waals surface area (Å²) in [6, 6.07) is 9.84. The number of halogens is 2. The Morgan fingerprint density at radius 3 is 2.74 bits per heavy atom. The first-order valence-corrected chi connectivity index (χ1v) is 15.5. The van der Waals surface area contributed by atoms with Crippen molar-refractivity contribution in [2.24, 2.45) is 5.92 Å². The van der Waals surface area contributed by atoms with Crippen molar-refractivity contribution in [3.8, 4) is 23.1 Å². The number of carbonyl (C=O) groups excluding carboxylic acids is 1. The maximum Gasteiger partial charge on any atom is 0.225 e. The van der Waals surface area contributed by atoms with Crippen molar-refractivity contribution < 1.29 is 28.5 Å². The lowest BCUT2D eigenvalue weighted by Crippen LogP contribution is -2.56. The molecule has 0 spiro atoms. The van der Waals surface area contributed by atoms with E-state index in [0.717, 1.165) is 11.1 Å². The van der Waals surface area contributed by atoms with Crippen LogP contribution in [-0.4, -0.2) is 92.3 Å². The number of likely N-dealkylation sites (tertiary alicyclic amines) is 1. The van der Waals surface area contributed by atoms with Gasteiger partial charge in [0.2, 0.25) is 11.7 Å². The third-order valence-corrected chi connectivity index (χ3v) is 8.87. The normalized spacial score (nSPS) is 18.2. The van der Waals surface area contributed by atoms with Gasteiger partial charge in [-0.05, 0) is 55.2 Å². The van der Waals surface area contributed by atoms with Crippen LogP contribution in [0, 0.1) is 35.8 Å². The average Bonchev–Trinajstić information content (AvgIpc) is 3.53. The molecule has 246 valence electrons. The lowest BCUT2D eigenvalue weighted by Gasteiger charge is -2.39. The second-order valence-electron chi connectivity index (χ2n) is 11.8. The van der Waals surface area contributed by atoms with E-state index in [1.54, 1.807) is 16.7 Å². The predicted molar refractivity (Wildman–Crippen MR) is 169 cm³/mol. The van der Waals surface area contributed by atoms with Crippen molar-refractivity contribution >= 4 is 23.1 Å². The smallest absolute Gasteiger partial charge is 0.225 e. The third-order valence-electron chi connectivity index (χ3n) is 8.87. The molecule has 0 saturated carbocycles. The predicted octanol–water partition coefficient (Wildman–Crippen LogP) is 3.12. The van der Waals surface area contributed by atoms with Gasteiger partial charge in [0.1, 0.15) is 12.3 Å². The number of fused-ring (bicyclic) bond motifs is 1. The summed E-state index contributed by atoms with van der Waals surface area (Å²) in [6.07, 6.45) is 5.01. The molecule has 0 bridgehead atoms. The molecule has 4 aromatic rings. The zero-order chi connectivity index (χ0) is 33.1. The first-order chi connectivity index (χ1) is 22.8. The molecular weight excluding hydrogens is 610 g/mol. The summed E-state index contributed by atoms with van der Waals surface area (Å²) < 4.78 is 36.2. The Morgan fingerprint density at radius 2 is 2.00 bits per heavy atom. The van der Waals surface area contributed by atoms with Crippen LogP contribution >= 0.6 is 0 Å². The fraction of sp³-hybridized carbons (Fsp3) is 0.394. The molecule has 2 unspecified atom stereocenters. The van der Waals surface area contributed by atoms with Gasteiger partial charge in [-0.1, -0.05) is 6.07 Å². The van der Waals surface area contributed by atoms with Crippen molar-refractivity contribution in [1.82, 2.24) is 29.5 Å². The second-order valence-corrected chi connectivity index (χ2v) is 11.8. The van der Waals surface area contributed by atoms with Crippen molar-refractivity contribution in [2.45, 2.75) is 32.0 Å². The lowest BCUT2D eigenvalue weighted by molar-refractivity contribution is -0.139. The van der Waals surface area contributed by atoms with Gasteiger partial charge in [-0.15, -0.1) is 0 Å². The molecule has 14 heteroatoms. The molecule has 2 fully saturated rings. The molecule has 0 radical (unpaired) electrons. The number of nitrogens with one attached hydrogen (secondary N) is 2. The summed E-state index contributed by atoms with van der Waals surface area (Å²) in [7, 11) is 0. The van der Waals surface area contributed by atoms with Gasteiger partial charge in [0, 0.05) is 68.3 Å². The van der Waals surface area contributed by atoms with Crippen LogP contribution in [-0.2, 0) is 4.79 Å². The summed E-state index contributed by atoms with van der Waals surface area (Å²) in [6.45, 7) is 4.49. The number of hydrogen-bond donors (Lipinski definition) is 4. The number of carbonyl (C=O) groups is 1. The Balaban J connectivity index is 1.12. The number of nitriles is 1. The highest BCUT2D eigenvalue weighted by molar-refractivity contribution is 5.79. The number of imidazole rings is 1. The van der Waals surface area contributed by atoms with Crippen molar-refractivity contribution in [2.75, 3.05) is 51.3 Å². The zero-order valence-electron chi connectivity index (χ0n) is 25.9. The van der Waals surface area contributed by atoms with E-state index in [9.17, 15) is 19.4 Å². The standard InChI is InChI=1S/C33H36F2N8O4/c1-20-16-22(2-3-24(20)33(46)41-11-6-21(7-12-41)32(45)42-13-9-37-23(18-42)19-44)40-30-31-39-17-26(43(31)14-10-38-30)25-4-5-27(47-15-8-36)29(35)28(25)34/h2-5,10,14,16-17,21,23,33,37,44,46H,6-7,9,11-13,15,18-19H2,1H3,(H,38,40). The van der Waals surface area contributed by atoms with E-state index >= 15 is 4.39 Å². The molecule has 1 amide bonds. The Morgan fingerprint density at radius 1 is 1.19 bits per heavy atom. The minimum Gasteiger partial charge on any atom is -0.476 e. The van der Waals surface area contributed by atoms with Crippen LogP contribution in [0.3, 0.4) is 0 Å². The monoisotopic (exact) mass is 646 g/mol. The van der Waals surface area contributed by atoms with Gasteiger partial charge in [0.25, 0.3) is 0 Å². The maximum atomic E-state index is 15.0. The van der Waals surface area contributed by atoms with Crippen LogP contribution in [0.1, 0.15) is 30.2 Å². The molecule has 47 heavy (non-hydrogen) atoms. The van der Waals surface area contributed by atoms with E-state index in [-0.39, 0.29) is 35.8 Å². The molecule has 0 aliphatic carbocycles. The number of piperazine rings is 1. The third kappa shape index (κ3) is 6.61. The molecule has 2 aromatic carbocycles. The minimum atomic E-state index is -1.19. The summed E-state index contributed by atoms with van der Waals surface area (Å²) in [5, 5.41) is 35.9. The molecule has 2 saturated heterocycles. The zero-order valence-corrected chi connectivity index (χ0v) is 25.9. The summed E-state index contributed by atoms with van der Waals surface area (Å²) in [5.74, 6) is -2.25. The van der Waals surface area contributed by atoms with Crippen LogP contribution in [0.4, 0.5) is 20.3 Å². The topological polar surface area (TPSA) is 151 Å². The summed E-state index contributed by atoms with van der Waals surface area (Å²) >= 11 is 0. The first kappa shape index (κ1) is 32.3. The molecule has 4 heterocycles. The summed E-state index contributed by atoms with van der Waals surface area (Å²) in [5.41, 5.74) is 2.96. The number of aliphatic hydroxyl groups is 2. The minimum absolute atomic E-state index is 0.000211. The first-order valence-electron chi connectivity index (χ1n) is 15.5. The van der Waals surface area contributed by atoms with Crippen LogP contribution in [0.25, 0.3) is 16.9 Å². The SMILES string of the molecule is Cc1cc(Nc2nccn3c(-c4ccc(OCC#N)c(F)c4F)cnc23)ccc1C(O)N1CCC(C(=O)N2CCNC(CO)C2)CC1. The Hall–Kier alpha value is -4.68. The molecule has 4 N–H and O–H groups in total. The number of hydrogen-bond acceptors (Lipinski definition) is 10. The Labute approximate surface area is 270 Å². The number of aromatic nitrogens is 3. The van der Waals surface area contributed by atoms with Gasteiger partial charge in [-0.25, -0.2) is 14.4 Å². The number of anilines is 2. The molecule has 6 rings (SSSR count). The molecule has 2 aliphatic rings. The van der Waals surface area contributed by atoms with Crippen LogP contribution in [0.15, 0.2) is 48.9 Å². The van der Waals surface area contributed by atoms with E-state index in [4.69, 9.17) is 10.00 Å². The number of piperidine rings is 1. The van der Waals surface area contributed by atoms with Crippen molar-refractivity contribution in [1.29, 1.82) is 5.26 Å². The van der Waals surface area contributed by atoms with Gasteiger partial charge in [-0.2, -0.15) is 9.65 Å². The summed E-state index contributed by atoms with van der Waals surface area (Å²) in [4.78, 5) is 25.7. The van der Waals surface area contributed by atoms with Crippen molar-refractivity contribution in [3.63, 3.8) is 0 Å². The van der Waals surface area contributed by atoms with Crippen LogP contribution in [0.5, 0.6) is 5.75 Å². The maximum absolute atomic E-state index is 15.0. The number of ether oxygens (including phenoxy) is 1. The fourth-order valence-corrected chi connectivity index (χ4v) is 6.33. The van der Waals surface area contributed by atoms with Gasteiger partial charge >= 0.3 is 0 Å². The van der Waals surface area contributed by atoms with Crippen LogP contribution < -0.4 is 15.4 Å². The number of aryl methyl sites for hydroxylation is 1. The number of rotatable bonds is 9. The van der Waals surface area contributed by atoms with E-state index in [2.05, 4.69) is 20.6 Å². The number of amides is 1. The number of aliphatic hydroxyl groups excluding tert-OH is 2.